The molecule has 0 radical (unpaired) electrons. The maximum Gasteiger partial charge on any atom is 0.0161 e. The van der Waals surface area contributed by atoms with Crippen molar-refractivity contribution >= 4 is 0 Å². The van der Waals surface area contributed by atoms with E-state index in [0.717, 1.165) is 19.0 Å². The zero-order valence-corrected chi connectivity index (χ0v) is 7.47. The van der Waals surface area contributed by atoms with Crippen molar-refractivity contribution in [3.05, 3.63) is 0 Å². The second-order valence-corrected chi connectivity index (χ2v) is 3.68. The predicted molar refractivity (Wildman–Crippen MR) is 48.5 cm³/mol. The van der Waals surface area contributed by atoms with Crippen LogP contribution in [0.3, 0.4) is 0 Å². The second-order valence-electron chi connectivity index (χ2n) is 3.68. The number of nitrogens with one attached hydrogen (secondary N) is 1. The minimum atomic E-state index is 0.495. The van der Waals surface area contributed by atoms with E-state index in [9.17, 15) is 0 Å². The molecule has 2 nitrogen and oxygen atoms in total. The number of hydrogen-bond acceptors (Lipinski definition) is 2. The summed E-state index contributed by atoms with van der Waals surface area (Å²) < 4.78 is 0. The molecule has 0 spiro atoms. The van der Waals surface area contributed by atoms with Gasteiger partial charge >= 0.3 is 0 Å². The molecule has 0 aromatic heterocycles. The van der Waals surface area contributed by atoms with Crippen LogP contribution in [0.4, 0.5) is 0 Å². The molecule has 0 heterocycles. The normalized spacial score (nSPS) is 21.3. The summed E-state index contributed by atoms with van der Waals surface area (Å²) in [6, 6.07) is 0.495. The van der Waals surface area contributed by atoms with Crippen molar-refractivity contribution in [3.63, 3.8) is 0 Å². The van der Waals surface area contributed by atoms with Gasteiger partial charge in [-0.25, -0.2) is 0 Å². The molecule has 1 aliphatic carbocycles. The zero-order chi connectivity index (χ0) is 8.10. The van der Waals surface area contributed by atoms with Gasteiger partial charge in [0.05, 0.1) is 0 Å². The van der Waals surface area contributed by atoms with Crippen LogP contribution in [-0.2, 0) is 0 Å². The summed E-state index contributed by atoms with van der Waals surface area (Å²) in [4.78, 5) is 0. The number of nitrogens with two attached hydrogens (primary N) is 1. The summed E-state index contributed by atoms with van der Waals surface area (Å²) in [5, 5.41) is 3.41. The van der Waals surface area contributed by atoms with Gasteiger partial charge in [0.15, 0.2) is 0 Å². The van der Waals surface area contributed by atoms with Crippen molar-refractivity contribution in [3.8, 4) is 0 Å². The minimum absolute atomic E-state index is 0.495. The molecular weight excluding hydrogens is 136 g/mol. The quantitative estimate of drug-likeness (QED) is 0.626. The highest BCUT2D eigenvalue weighted by atomic mass is 14.9. The van der Waals surface area contributed by atoms with Crippen molar-refractivity contribution in [1.82, 2.24) is 5.32 Å². The third-order valence-electron chi connectivity index (χ3n) is 2.62. The summed E-state index contributed by atoms with van der Waals surface area (Å²) in [6.07, 6.45) is 5.72. The molecule has 2 heteroatoms. The van der Waals surface area contributed by atoms with E-state index in [1.807, 2.05) is 0 Å². The van der Waals surface area contributed by atoms with Gasteiger partial charge in [0.25, 0.3) is 0 Å². The average molecular weight is 156 g/mol. The standard InChI is InChI=1S/C9H20N2/c1-8(7-10)11-6-5-9-3-2-4-9/h8-9,11H,2-7,10H2,1H3. The Morgan fingerprint density at radius 3 is 2.73 bits per heavy atom. The van der Waals surface area contributed by atoms with E-state index < -0.39 is 0 Å². The van der Waals surface area contributed by atoms with E-state index in [-0.39, 0.29) is 0 Å². The fraction of sp³-hybridized carbons (Fsp3) is 1.00. The Morgan fingerprint density at radius 2 is 2.27 bits per heavy atom. The Balaban J connectivity index is 1.86. The first kappa shape index (κ1) is 9.01. The smallest absolute Gasteiger partial charge is 0.0161 e. The minimum Gasteiger partial charge on any atom is -0.329 e. The van der Waals surface area contributed by atoms with Crippen LogP contribution in [0.1, 0.15) is 32.6 Å². The molecule has 1 atom stereocenters. The first-order valence-electron chi connectivity index (χ1n) is 4.76. The molecular formula is C9H20N2. The number of rotatable bonds is 5. The summed E-state index contributed by atoms with van der Waals surface area (Å²) >= 11 is 0. The van der Waals surface area contributed by atoms with Crippen LogP contribution in [0.25, 0.3) is 0 Å². The van der Waals surface area contributed by atoms with Crippen molar-refractivity contribution in [2.75, 3.05) is 13.1 Å². The highest BCUT2D eigenvalue weighted by Gasteiger charge is 2.16. The van der Waals surface area contributed by atoms with Crippen LogP contribution < -0.4 is 11.1 Å². The fourth-order valence-corrected chi connectivity index (χ4v) is 1.40. The molecule has 66 valence electrons. The molecule has 0 aliphatic heterocycles. The van der Waals surface area contributed by atoms with Gasteiger partial charge in [0, 0.05) is 12.6 Å². The monoisotopic (exact) mass is 156 g/mol. The molecule has 3 N–H and O–H groups in total. The third-order valence-corrected chi connectivity index (χ3v) is 2.62. The maximum atomic E-state index is 5.47. The molecule has 1 aliphatic rings. The van der Waals surface area contributed by atoms with E-state index >= 15 is 0 Å². The van der Waals surface area contributed by atoms with Crippen LogP contribution in [0.2, 0.25) is 0 Å². The highest BCUT2D eigenvalue weighted by Crippen LogP contribution is 2.28. The van der Waals surface area contributed by atoms with Crippen molar-refractivity contribution in [1.29, 1.82) is 0 Å². The Labute approximate surface area is 69.5 Å². The third kappa shape index (κ3) is 3.21. The van der Waals surface area contributed by atoms with Gasteiger partial charge in [-0.2, -0.15) is 0 Å². The Hall–Kier alpha value is -0.0800. The summed E-state index contributed by atoms with van der Waals surface area (Å²) in [7, 11) is 0. The van der Waals surface area contributed by atoms with Crippen molar-refractivity contribution in [2.24, 2.45) is 11.7 Å². The van der Waals surface area contributed by atoms with Gasteiger partial charge in [-0.05, 0) is 25.8 Å². The first-order valence-corrected chi connectivity index (χ1v) is 4.76. The summed E-state index contributed by atoms with van der Waals surface area (Å²) in [5.41, 5.74) is 5.47. The van der Waals surface area contributed by atoms with Crippen LogP contribution in [0.15, 0.2) is 0 Å². The Morgan fingerprint density at radius 1 is 1.55 bits per heavy atom. The predicted octanol–water partition coefficient (Wildman–Crippen LogP) is 1.11. The molecule has 11 heavy (non-hydrogen) atoms. The van der Waals surface area contributed by atoms with Crippen LogP contribution >= 0.6 is 0 Å². The SMILES string of the molecule is CC(CN)NCCC1CCC1. The number of hydrogen-bond donors (Lipinski definition) is 2. The molecule has 0 aromatic rings. The van der Waals surface area contributed by atoms with E-state index in [2.05, 4.69) is 12.2 Å². The summed E-state index contributed by atoms with van der Waals surface area (Å²) in [5.74, 6) is 1.02. The highest BCUT2D eigenvalue weighted by molar-refractivity contribution is 4.71. The zero-order valence-electron chi connectivity index (χ0n) is 7.47. The molecule has 0 saturated heterocycles. The Kier molecular flexibility index (Phi) is 3.87. The lowest BCUT2D eigenvalue weighted by atomic mass is 9.83. The average Bonchev–Trinajstić information content (AvgIpc) is 1.94. The molecule has 0 bridgehead atoms. The molecule has 0 amide bonds. The molecule has 1 fully saturated rings. The molecule has 0 aromatic carbocycles. The first-order chi connectivity index (χ1) is 5.33. The topological polar surface area (TPSA) is 38.0 Å². The van der Waals surface area contributed by atoms with Crippen molar-refractivity contribution < 1.29 is 0 Å². The van der Waals surface area contributed by atoms with Gasteiger partial charge in [-0.1, -0.05) is 19.3 Å². The lowest BCUT2D eigenvalue weighted by molar-refractivity contribution is 0.288. The van der Waals surface area contributed by atoms with Gasteiger partial charge in [-0.3, -0.25) is 0 Å². The summed E-state index contributed by atoms with van der Waals surface area (Å²) in [6.45, 7) is 4.05. The molecule has 1 rings (SSSR count). The lowest BCUT2D eigenvalue weighted by Crippen LogP contribution is -2.34. The largest absolute Gasteiger partial charge is 0.329 e. The van der Waals surface area contributed by atoms with Crippen molar-refractivity contribution in [2.45, 2.75) is 38.6 Å². The van der Waals surface area contributed by atoms with Crippen LogP contribution in [0, 0.1) is 5.92 Å². The molecule has 1 unspecified atom stereocenters. The van der Waals surface area contributed by atoms with Gasteiger partial charge in [0.1, 0.15) is 0 Å². The van der Waals surface area contributed by atoms with E-state index in [1.54, 1.807) is 0 Å². The van der Waals surface area contributed by atoms with Gasteiger partial charge in [-0.15, -0.1) is 0 Å². The Bertz CT molecular complexity index is 95.0. The van der Waals surface area contributed by atoms with E-state index in [0.29, 0.717) is 6.04 Å². The fourth-order valence-electron chi connectivity index (χ4n) is 1.40. The maximum absolute atomic E-state index is 5.47. The van der Waals surface area contributed by atoms with Gasteiger partial charge in [0.2, 0.25) is 0 Å². The van der Waals surface area contributed by atoms with Gasteiger partial charge < -0.3 is 11.1 Å². The second kappa shape index (κ2) is 4.73. The lowest BCUT2D eigenvalue weighted by Gasteiger charge is -2.25. The van der Waals surface area contributed by atoms with E-state index in [1.165, 1.54) is 25.7 Å². The van der Waals surface area contributed by atoms with E-state index in [4.69, 9.17) is 5.73 Å². The van der Waals surface area contributed by atoms with Crippen LogP contribution in [-0.4, -0.2) is 19.1 Å². The van der Waals surface area contributed by atoms with Crippen LogP contribution in [0.5, 0.6) is 0 Å². The molecule has 1 saturated carbocycles.